The van der Waals surface area contributed by atoms with E-state index in [1.165, 1.54) is 5.56 Å². The van der Waals surface area contributed by atoms with Crippen LogP contribution in [0.25, 0.3) is 0 Å². The Balaban J connectivity index is 1.68. The molecule has 0 aliphatic rings. The van der Waals surface area contributed by atoms with Gasteiger partial charge in [-0.05, 0) is 56.0 Å². The molecule has 0 saturated heterocycles. The zero-order valence-corrected chi connectivity index (χ0v) is 13.8. The van der Waals surface area contributed by atoms with Gasteiger partial charge in [0.2, 0.25) is 5.91 Å². The number of nitrogens with one attached hydrogen (secondary N) is 1. The minimum atomic E-state index is -0.0189. The molecule has 2 aromatic carbocycles. The van der Waals surface area contributed by atoms with E-state index in [0.29, 0.717) is 24.4 Å². The summed E-state index contributed by atoms with van der Waals surface area (Å²) in [7, 11) is 0. The van der Waals surface area contributed by atoms with Crippen LogP contribution in [0.4, 0.5) is 11.4 Å². The first-order valence-corrected chi connectivity index (χ1v) is 7.90. The summed E-state index contributed by atoms with van der Waals surface area (Å²) in [5, 5.41) is 2.83. The molecule has 0 aromatic heterocycles. The molecule has 4 nitrogen and oxygen atoms in total. The van der Waals surface area contributed by atoms with Gasteiger partial charge in [-0.1, -0.05) is 24.3 Å². The van der Waals surface area contributed by atoms with Crippen LogP contribution >= 0.6 is 0 Å². The molecule has 2 rings (SSSR count). The van der Waals surface area contributed by atoms with E-state index in [4.69, 9.17) is 10.5 Å². The number of ether oxygens (including phenoxy) is 1. The molecule has 0 heterocycles. The molecular formula is C19H24N2O2. The van der Waals surface area contributed by atoms with Crippen molar-refractivity contribution in [2.24, 2.45) is 0 Å². The molecular weight excluding hydrogens is 288 g/mol. The second-order valence-electron chi connectivity index (χ2n) is 5.71. The SMILES string of the molecule is Cc1ccc(C)c(OCCCCC(=O)Nc2ccccc2N)c1. The van der Waals surface area contributed by atoms with Crippen LogP contribution in [0.3, 0.4) is 0 Å². The fraction of sp³-hybridized carbons (Fsp3) is 0.316. The zero-order chi connectivity index (χ0) is 16.7. The molecule has 0 saturated carbocycles. The minimum Gasteiger partial charge on any atom is -0.493 e. The maximum absolute atomic E-state index is 11.9. The number of amides is 1. The van der Waals surface area contributed by atoms with E-state index in [9.17, 15) is 4.79 Å². The van der Waals surface area contributed by atoms with Crippen molar-refractivity contribution in [1.82, 2.24) is 0 Å². The van der Waals surface area contributed by atoms with Gasteiger partial charge in [0.1, 0.15) is 5.75 Å². The van der Waals surface area contributed by atoms with Gasteiger partial charge in [-0.2, -0.15) is 0 Å². The second kappa shape index (κ2) is 8.22. The van der Waals surface area contributed by atoms with E-state index in [2.05, 4.69) is 17.4 Å². The standard InChI is InChI=1S/C19H24N2O2/c1-14-10-11-15(2)18(13-14)23-12-6-5-9-19(22)21-17-8-4-3-7-16(17)20/h3-4,7-8,10-11,13H,5-6,9,12,20H2,1-2H3,(H,21,22). The molecule has 0 aliphatic carbocycles. The Morgan fingerprint density at radius 1 is 1.13 bits per heavy atom. The van der Waals surface area contributed by atoms with E-state index < -0.39 is 0 Å². The molecule has 0 fully saturated rings. The first kappa shape index (κ1) is 16.9. The van der Waals surface area contributed by atoms with Crippen LogP contribution in [-0.2, 0) is 4.79 Å². The Morgan fingerprint density at radius 3 is 2.70 bits per heavy atom. The number of para-hydroxylation sites is 2. The van der Waals surface area contributed by atoms with E-state index in [1.54, 1.807) is 12.1 Å². The van der Waals surface area contributed by atoms with Crippen LogP contribution in [0, 0.1) is 13.8 Å². The summed E-state index contributed by atoms with van der Waals surface area (Å²) in [6.45, 7) is 4.70. The Morgan fingerprint density at radius 2 is 1.91 bits per heavy atom. The number of aryl methyl sites for hydroxylation is 2. The number of hydrogen-bond acceptors (Lipinski definition) is 3. The van der Waals surface area contributed by atoms with E-state index in [-0.39, 0.29) is 5.91 Å². The molecule has 4 heteroatoms. The average Bonchev–Trinajstić information content (AvgIpc) is 2.52. The highest BCUT2D eigenvalue weighted by Gasteiger charge is 2.05. The molecule has 2 aromatic rings. The van der Waals surface area contributed by atoms with Crippen molar-refractivity contribution < 1.29 is 9.53 Å². The molecule has 23 heavy (non-hydrogen) atoms. The van der Waals surface area contributed by atoms with Crippen molar-refractivity contribution in [3.8, 4) is 5.75 Å². The molecule has 0 radical (unpaired) electrons. The van der Waals surface area contributed by atoms with Crippen LogP contribution in [-0.4, -0.2) is 12.5 Å². The summed E-state index contributed by atoms with van der Waals surface area (Å²) >= 11 is 0. The fourth-order valence-electron chi connectivity index (χ4n) is 2.26. The van der Waals surface area contributed by atoms with E-state index in [0.717, 1.165) is 24.2 Å². The summed E-state index contributed by atoms with van der Waals surface area (Å²) in [5.74, 6) is 0.904. The van der Waals surface area contributed by atoms with Gasteiger partial charge >= 0.3 is 0 Å². The Kier molecular flexibility index (Phi) is 6.03. The normalized spacial score (nSPS) is 10.3. The minimum absolute atomic E-state index is 0.0189. The van der Waals surface area contributed by atoms with Crippen LogP contribution in [0.2, 0.25) is 0 Å². The predicted octanol–water partition coefficient (Wildman–Crippen LogP) is 4.07. The lowest BCUT2D eigenvalue weighted by molar-refractivity contribution is -0.116. The Labute approximate surface area is 137 Å². The third-order valence-corrected chi connectivity index (χ3v) is 3.63. The van der Waals surface area contributed by atoms with Gasteiger partial charge < -0.3 is 15.8 Å². The second-order valence-corrected chi connectivity index (χ2v) is 5.71. The van der Waals surface area contributed by atoms with Crippen molar-refractivity contribution in [3.05, 3.63) is 53.6 Å². The number of rotatable bonds is 7. The number of carbonyl (C=O) groups is 1. The van der Waals surface area contributed by atoms with Crippen molar-refractivity contribution in [2.45, 2.75) is 33.1 Å². The molecule has 0 aliphatic heterocycles. The van der Waals surface area contributed by atoms with Gasteiger partial charge in [0.05, 0.1) is 18.0 Å². The first-order valence-electron chi connectivity index (χ1n) is 7.90. The van der Waals surface area contributed by atoms with E-state index >= 15 is 0 Å². The monoisotopic (exact) mass is 312 g/mol. The van der Waals surface area contributed by atoms with Crippen LogP contribution in [0.1, 0.15) is 30.4 Å². The highest BCUT2D eigenvalue weighted by Crippen LogP contribution is 2.20. The Hall–Kier alpha value is -2.49. The van der Waals surface area contributed by atoms with Crippen LogP contribution < -0.4 is 15.8 Å². The predicted molar refractivity (Wildman–Crippen MR) is 94.7 cm³/mol. The van der Waals surface area contributed by atoms with Crippen molar-refractivity contribution in [2.75, 3.05) is 17.7 Å². The summed E-state index contributed by atoms with van der Waals surface area (Å²) in [6.07, 6.45) is 2.08. The Bertz CT molecular complexity index is 668. The molecule has 0 unspecified atom stereocenters. The molecule has 3 N–H and O–H groups in total. The maximum atomic E-state index is 11.9. The summed E-state index contributed by atoms with van der Waals surface area (Å²) in [5.41, 5.74) is 9.37. The largest absolute Gasteiger partial charge is 0.493 e. The number of unbranched alkanes of at least 4 members (excludes halogenated alkanes) is 1. The summed E-state index contributed by atoms with van der Waals surface area (Å²) in [6, 6.07) is 13.4. The van der Waals surface area contributed by atoms with Crippen LogP contribution in [0.15, 0.2) is 42.5 Å². The van der Waals surface area contributed by atoms with Crippen molar-refractivity contribution in [3.63, 3.8) is 0 Å². The highest BCUT2D eigenvalue weighted by atomic mass is 16.5. The van der Waals surface area contributed by atoms with E-state index in [1.807, 2.05) is 32.0 Å². The average molecular weight is 312 g/mol. The van der Waals surface area contributed by atoms with Gasteiger partial charge in [-0.15, -0.1) is 0 Å². The fourth-order valence-corrected chi connectivity index (χ4v) is 2.26. The van der Waals surface area contributed by atoms with Crippen molar-refractivity contribution >= 4 is 17.3 Å². The van der Waals surface area contributed by atoms with Gasteiger partial charge in [0.25, 0.3) is 0 Å². The molecule has 0 bridgehead atoms. The van der Waals surface area contributed by atoms with Gasteiger partial charge in [0.15, 0.2) is 0 Å². The molecule has 0 spiro atoms. The lowest BCUT2D eigenvalue weighted by atomic mass is 10.1. The summed E-state index contributed by atoms with van der Waals surface area (Å²) in [4.78, 5) is 11.9. The highest BCUT2D eigenvalue weighted by molar-refractivity contribution is 5.93. The lowest BCUT2D eigenvalue weighted by Crippen LogP contribution is -2.13. The van der Waals surface area contributed by atoms with Gasteiger partial charge in [0, 0.05) is 6.42 Å². The van der Waals surface area contributed by atoms with Gasteiger partial charge in [-0.25, -0.2) is 0 Å². The first-order chi connectivity index (χ1) is 11.1. The number of anilines is 2. The molecule has 0 atom stereocenters. The van der Waals surface area contributed by atoms with Crippen LogP contribution in [0.5, 0.6) is 5.75 Å². The number of carbonyl (C=O) groups excluding carboxylic acids is 1. The number of nitrogen functional groups attached to an aromatic ring is 1. The zero-order valence-electron chi connectivity index (χ0n) is 13.8. The third-order valence-electron chi connectivity index (χ3n) is 3.63. The lowest BCUT2D eigenvalue weighted by Gasteiger charge is -2.10. The summed E-state index contributed by atoms with van der Waals surface area (Å²) < 4.78 is 5.79. The number of hydrogen-bond donors (Lipinski definition) is 2. The topological polar surface area (TPSA) is 64.3 Å². The number of benzene rings is 2. The number of nitrogens with two attached hydrogens (primary N) is 1. The maximum Gasteiger partial charge on any atom is 0.224 e. The molecule has 1 amide bonds. The van der Waals surface area contributed by atoms with Gasteiger partial charge in [-0.3, -0.25) is 4.79 Å². The quantitative estimate of drug-likeness (QED) is 0.598. The smallest absolute Gasteiger partial charge is 0.224 e. The third kappa shape index (κ3) is 5.33. The van der Waals surface area contributed by atoms with Crippen molar-refractivity contribution in [1.29, 1.82) is 0 Å². The molecule has 122 valence electrons.